The van der Waals surface area contributed by atoms with Crippen LogP contribution < -0.4 is 0 Å². The van der Waals surface area contributed by atoms with Gasteiger partial charge in [-0.05, 0) is 36.4 Å². The summed E-state index contributed by atoms with van der Waals surface area (Å²) in [6, 6.07) is 11.6. The first-order valence-corrected chi connectivity index (χ1v) is 8.63. The van der Waals surface area contributed by atoms with Crippen molar-refractivity contribution in [2.24, 2.45) is 0 Å². The van der Waals surface area contributed by atoms with Crippen molar-refractivity contribution in [2.75, 3.05) is 0 Å². The third-order valence-corrected chi connectivity index (χ3v) is 3.58. The molecule has 0 aliphatic carbocycles. The molecular formula is C17H16N2O7S. The number of phenolic OH excluding ortho intramolecular Hbond substituents is 2. The van der Waals surface area contributed by atoms with Gasteiger partial charge in [-0.25, -0.2) is 4.79 Å². The topological polar surface area (TPSA) is 158 Å². The highest BCUT2D eigenvalue weighted by Gasteiger charge is 2.15. The van der Waals surface area contributed by atoms with Gasteiger partial charge in [0.05, 0.1) is 5.56 Å². The van der Waals surface area contributed by atoms with Crippen molar-refractivity contribution in [3.63, 3.8) is 0 Å². The van der Waals surface area contributed by atoms with Crippen LogP contribution in [0.5, 0.6) is 11.5 Å². The van der Waals surface area contributed by atoms with Crippen LogP contribution in [0.2, 0.25) is 0 Å². The molecule has 1 aromatic carbocycles. The van der Waals surface area contributed by atoms with Crippen molar-refractivity contribution < 1.29 is 33.1 Å². The Hall–Kier alpha value is -3.50. The number of nitrogens with zero attached hydrogens (tertiary/aromatic N) is 2. The molecule has 0 atom stereocenters. The number of rotatable bonds is 2. The maximum Gasteiger partial charge on any atom is 0.337 e. The average Bonchev–Trinajstić information content (AvgIpc) is 2.66. The molecule has 4 N–H and O–H groups in total. The summed E-state index contributed by atoms with van der Waals surface area (Å²) in [5.41, 5.74) is 0.220. The predicted molar refractivity (Wildman–Crippen MR) is 95.0 cm³/mol. The van der Waals surface area contributed by atoms with Crippen LogP contribution >= 0.6 is 0 Å². The normalized spacial score (nSPS) is 9.81. The summed E-state index contributed by atoms with van der Waals surface area (Å²) in [4.78, 5) is 16.9. The highest BCUT2D eigenvalue weighted by Crippen LogP contribution is 2.25. The number of aromatic carboxylic acids is 1. The zero-order valence-corrected chi connectivity index (χ0v) is 14.6. The number of pyridine rings is 2. The molecule has 2 aromatic heterocycles. The Morgan fingerprint density at radius 2 is 1.52 bits per heavy atom. The molecule has 2 heterocycles. The first-order valence-electron chi connectivity index (χ1n) is 7.19. The van der Waals surface area contributed by atoms with Gasteiger partial charge < -0.3 is 15.3 Å². The minimum absolute atomic E-state index is 0.220. The van der Waals surface area contributed by atoms with E-state index in [4.69, 9.17) is 19.9 Å². The fourth-order valence-electron chi connectivity index (χ4n) is 1.51. The Labute approximate surface area is 155 Å². The van der Waals surface area contributed by atoms with E-state index < -0.39 is 26.7 Å². The number of carboxylic acid groups (broad SMARTS) is 1. The maximum absolute atomic E-state index is 10.5. The number of phenols is 2. The van der Waals surface area contributed by atoms with Crippen LogP contribution in [0.15, 0.2) is 78.2 Å². The highest BCUT2D eigenvalue weighted by atomic mass is 32.2. The lowest BCUT2D eigenvalue weighted by atomic mass is 10.3. The Bertz CT molecular complexity index is 923. The molecule has 0 amide bonds. The second kappa shape index (κ2) is 10.5. The SMILES string of the molecule is O=C(O)c1cccnc1.O=S(=O)(O)c1cc(O)ccc1O.c1ccncc1. The van der Waals surface area contributed by atoms with Gasteiger partial charge >= 0.3 is 5.97 Å². The van der Waals surface area contributed by atoms with E-state index in [9.17, 15) is 13.2 Å². The summed E-state index contributed by atoms with van der Waals surface area (Å²) in [5.74, 6) is -1.89. The van der Waals surface area contributed by atoms with Crippen molar-refractivity contribution in [1.82, 2.24) is 9.97 Å². The van der Waals surface area contributed by atoms with E-state index in [1.54, 1.807) is 18.5 Å². The molecule has 0 radical (unpaired) electrons. The molecule has 0 aliphatic heterocycles. The lowest BCUT2D eigenvalue weighted by Gasteiger charge is -2.00. The van der Waals surface area contributed by atoms with E-state index in [2.05, 4.69) is 9.97 Å². The van der Waals surface area contributed by atoms with Crippen LogP contribution in [0.1, 0.15) is 10.4 Å². The van der Waals surface area contributed by atoms with Gasteiger partial charge in [0.15, 0.2) is 0 Å². The van der Waals surface area contributed by atoms with Gasteiger partial charge in [-0.15, -0.1) is 0 Å². The molecule has 0 unspecified atom stereocenters. The van der Waals surface area contributed by atoms with Crippen molar-refractivity contribution in [2.45, 2.75) is 4.90 Å². The van der Waals surface area contributed by atoms with Crippen molar-refractivity contribution in [3.05, 3.63) is 78.9 Å². The van der Waals surface area contributed by atoms with E-state index in [0.29, 0.717) is 0 Å². The smallest absolute Gasteiger partial charge is 0.337 e. The highest BCUT2D eigenvalue weighted by molar-refractivity contribution is 7.86. The number of aromatic nitrogens is 2. The fourth-order valence-corrected chi connectivity index (χ4v) is 2.11. The first kappa shape index (κ1) is 21.5. The quantitative estimate of drug-likeness (QED) is 0.379. The number of carboxylic acids is 1. The number of hydrogen-bond acceptors (Lipinski definition) is 7. The van der Waals surface area contributed by atoms with Gasteiger partial charge in [-0.3, -0.25) is 14.5 Å². The molecule has 3 rings (SSSR count). The standard InChI is InChI=1S/C6H5NO2.C6H6O5S.C5H5N/c8-6(9)5-2-1-3-7-4-5;7-4-1-2-5(8)6(3-4)12(9,10)11;1-2-4-6-5-3-1/h1-4H,(H,8,9);1-3,7-8H,(H,9,10,11);1-5H. The van der Waals surface area contributed by atoms with E-state index in [-0.39, 0.29) is 11.3 Å². The van der Waals surface area contributed by atoms with Gasteiger partial charge in [0, 0.05) is 30.9 Å². The van der Waals surface area contributed by atoms with Crippen LogP contribution in [0.3, 0.4) is 0 Å². The summed E-state index contributed by atoms with van der Waals surface area (Å²) in [5, 5.41) is 26.1. The monoisotopic (exact) mass is 392 g/mol. The molecule has 0 saturated heterocycles. The molecular weight excluding hydrogens is 376 g/mol. The molecule has 142 valence electrons. The van der Waals surface area contributed by atoms with Crippen LogP contribution in [0.25, 0.3) is 0 Å². The molecule has 0 spiro atoms. The van der Waals surface area contributed by atoms with Crippen LogP contribution in [0, 0.1) is 0 Å². The third-order valence-electron chi connectivity index (χ3n) is 2.70. The third kappa shape index (κ3) is 8.43. The summed E-state index contributed by atoms with van der Waals surface area (Å²) in [6.45, 7) is 0. The molecule has 10 heteroatoms. The maximum atomic E-state index is 10.5. The Morgan fingerprint density at radius 3 is 1.85 bits per heavy atom. The molecule has 9 nitrogen and oxygen atoms in total. The summed E-state index contributed by atoms with van der Waals surface area (Å²) >= 11 is 0. The van der Waals surface area contributed by atoms with E-state index in [1.807, 2.05) is 18.2 Å². The lowest BCUT2D eigenvalue weighted by molar-refractivity contribution is 0.0696. The Morgan fingerprint density at radius 1 is 0.889 bits per heavy atom. The van der Waals surface area contributed by atoms with Gasteiger partial charge in [-0.2, -0.15) is 8.42 Å². The second-order valence-electron chi connectivity index (χ2n) is 4.70. The first-order chi connectivity index (χ1) is 12.7. The zero-order valence-electron chi connectivity index (χ0n) is 13.7. The molecule has 3 aromatic rings. The lowest BCUT2D eigenvalue weighted by Crippen LogP contribution is -1.97. The van der Waals surface area contributed by atoms with Crippen LogP contribution in [0.4, 0.5) is 0 Å². The van der Waals surface area contributed by atoms with Crippen LogP contribution in [-0.2, 0) is 10.1 Å². The number of benzene rings is 1. The average molecular weight is 392 g/mol. The van der Waals surface area contributed by atoms with Crippen molar-refractivity contribution in [1.29, 1.82) is 0 Å². The predicted octanol–water partition coefficient (Wildman–Crippen LogP) is 2.21. The minimum Gasteiger partial charge on any atom is -0.508 e. The molecule has 0 bridgehead atoms. The van der Waals surface area contributed by atoms with Crippen molar-refractivity contribution in [3.8, 4) is 11.5 Å². The van der Waals surface area contributed by atoms with Gasteiger partial charge in [-0.1, -0.05) is 6.07 Å². The van der Waals surface area contributed by atoms with Crippen LogP contribution in [-0.4, -0.2) is 44.2 Å². The van der Waals surface area contributed by atoms with Gasteiger partial charge in [0.25, 0.3) is 10.1 Å². The molecule has 0 fully saturated rings. The summed E-state index contributed by atoms with van der Waals surface area (Å²) in [7, 11) is -4.47. The van der Waals surface area contributed by atoms with Crippen molar-refractivity contribution >= 4 is 16.1 Å². The Balaban J connectivity index is 0.000000214. The molecule has 27 heavy (non-hydrogen) atoms. The number of aromatic hydroxyl groups is 2. The Kier molecular flexibility index (Phi) is 8.36. The van der Waals surface area contributed by atoms with E-state index in [0.717, 1.165) is 18.2 Å². The van der Waals surface area contributed by atoms with E-state index in [1.165, 1.54) is 18.5 Å². The number of carbonyl (C=O) groups is 1. The summed E-state index contributed by atoms with van der Waals surface area (Å²) < 4.78 is 29.5. The largest absolute Gasteiger partial charge is 0.508 e. The van der Waals surface area contributed by atoms with Gasteiger partial charge in [0.2, 0.25) is 0 Å². The second-order valence-corrected chi connectivity index (χ2v) is 6.09. The summed E-state index contributed by atoms with van der Waals surface area (Å²) in [6.07, 6.45) is 6.34. The van der Waals surface area contributed by atoms with Gasteiger partial charge in [0.1, 0.15) is 16.4 Å². The molecule has 0 saturated carbocycles. The zero-order chi connectivity index (χ0) is 20.3. The number of hydrogen-bond donors (Lipinski definition) is 4. The minimum atomic E-state index is -4.47. The van der Waals surface area contributed by atoms with E-state index >= 15 is 0 Å². The fraction of sp³-hybridized carbons (Fsp3) is 0. The molecule has 0 aliphatic rings.